The summed E-state index contributed by atoms with van der Waals surface area (Å²) >= 11 is 0. The summed E-state index contributed by atoms with van der Waals surface area (Å²) in [6.07, 6.45) is 9.34. The molecule has 1 N–H and O–H groups in total. The summed E-state index contributed by atoms with van der Waals surface area (Å²) in [6.45, 7) is 9.77. The fourth-order valence-electron chi connectivity index (χ4n) is 4.00. The Bertz CT molecular complexity index is 334. The number of hydrogen-bond acceptors (Lipinski definition) is 2. The normalized spacial score (nSPS) is 27.5. The van der Waals surface area contributed by atoms with E-state index in [1.807, 2.05) is 0 Å². The van der Waals surface area contributed by atoms with Gasteiger partial charge in [0, 0.05) is 6.54 Å². The van der Waals surface area contributed by atoms with Gasteiger partial charge in [0.25, 0.3) is 0 Å². The summed E-state index contributed by atoms with van der Waals surface area (Å²) in [6, 6.07) is 0.0453. The lowest BCUT2D eigenvalue weighted by Crippen LogP contribution is -2.42. The highest BCUT2D eigenvalue weighted by Crippen LogP contribution is 2.29. The largest absolute Gasteiger partial charge is 0.326 e. The number of amides is 1. The van der Waals surface area contributed by atoms with Gasteiger partial charge in [-0.05, 0) is 37.0 Å². The molecule has 0 aromatic rings. The second kappa shape index (κ2) is 7.62. The lowest BCUT2D eigenvalue weighted by Gasteiger charge is -2.27. The van der Waals surface area contributed by atoms with Gasteiger partial charge in [0.15, 0.2) is 0 Å². The van der Waals surface area contributed by atoms with Crippen molar-refractivity contribution in [2.75, 3.05) is 6.54 Å². The fraction of sp³-hybridized carbons (Fsp3) is 0.944. The van der Waals surface area contributed by atoms with Crippen LogP contribution in [0.25, 0.3) is 0 Å². The van der Waals surface area contributed by atoms with Gasteiger partial charge in [-0.2, -0.15) is 0 Å². The maximum absolute atomic E-state index is 12.6. The Kier molecular flexibility index (Phi) is 6.09. The standard InChI is InChI=1S/C18H34N2O/c1-13(2)12-16-18(21)20(17(19-16)14(3)4)11-7-10-15-8-5-6-9-15/h13-17,19H,5-12H2,1-4H3. The third-order valence-corrected chi connectivity index (χ3v) is 5.11. The Labute approximate surface area is 130 Å². The van der Waals surface area contributed by atoms with Crippen LogP contribution in [-0.2, 0) is 4.79 Å². The Morgan fingerprint density at radius 3 is 2.43 bits per heavy atom. The van der Waals surface area contributed by atoms with Crippen LogP contribution in [0.5, 0.6) is 0 Å². The van der Waals surface area contributed by atoms with Gasteiger partial charge >= 0.3 is 0 Å². The molecule has 2 rings (SSSR count). The van der Waals surface area contributed by atoms with Crippen LogP contribution in [0.4, 0.5) is 0 Å². The third kappa shape index (κ3) is 4.45. The first-order valence-electron chi connectivity index (χ1n) is 9.05. The van der Waals surface area contributed by atoms with Crippen molar-refractivity contribution >= 4 is 5.91 Å². The molecular formula is C18H34N2O. The maximum atomic E-state index is 12.6. The van der Waals surface area contributed by atoms with E-state index in [4.69, 9.17) is 0 Å². The van der Waals surface area contributed by atoms with Gasteiger partial charge < -0.3 is 4.90 Å². The number of carbonyl (C=O) groups excluding carboxylic acids is 1. The molecule has 3 heteroatoms. The lowest BCUT2D eigenvalue weighted by molar-refractivity contribution is -0.130. The molecule has 21 heavy (non-hydrogen) atoms. The Balaban J connectivity index is 1.86. The van der Waals surface area contributed by atoms with Crippen LogP contribution < -0.4 is 5.32 Å². The second-order valence-corrected chi connectivity index (χ2v) is 7.86. The van der Waals surface area contributed by atoms with Crippen LogP contribution >= 0.6 is 0 Å². The molecule has 1 saturated heterocycles. The minimum Gasteiger partial charge on any atom is -0.326 e. The summed E-state index contributed by atoms with van der Waals surface area (Å²) in [5, 5.41) is 3.58. The minimum absolute atomic E-state index is 0.0453. The first-order chi connectivity index (χ1) is 9.99. The van der Waals surface area contributed by atoms with E-state index < -0.39 is 0 Å². The van der Waals surface area contributed by atoms with Crippen molar-refractivity contribution < 1.29 is 4.79 Å². The van der Waals surface area contributed by atoms with E-state index in [1.54, 1.807) is 0 Å². The SMILES string of the molecule is CC(C)CC1NC(C(C)C)N(CCCC2CCCC2)C1=O. The maximum Gasteiger partial charge on any atom is 0.241 e. The van der Waals surface area contributed by atoms with Crippen LogP contribution in [0.2, 0.25) is 0 Å². The summed E-state index contributed by atoms with van der Waals surface area (Å²) in [5.74, 6) is 2.32. The van der Waals surface area contributed by atoms with Crippen LogP contribution in [0.15, 0.2) is 0 Å². The predicted molar refractivity (Wildman–Crippen MR) is 87.9 cm³/mol. The quantitative estimate of drug-likeness (QED) is 0.775. The van der Waals surface area contributed by atoms with Crippen molar-refractivity contribution in [2.45, 2.75) is 84.8 Å². The van der Waals surface area contributed by atoms with Crippen LogP contribution in [0, 0.1) is 17.8 Å². The smallest absolute Gasteiger partial charge is 0.241 e. The summed E-state index contributed by atoms with van der Waals surface area (Å²) in [5.41, 5.74) is 0. The molecule has 3 nitrogen and oxygen atoms in total. The van der Waals surface area contributed by atoms with Crippen molar-refractivity contribution in [3.8, 4) is 0 Å². The molecule has 2 atom stereocenters. The van der Waals surface area contributed by atoms with E-state index in [9.17, 15) is 4.79 Å². The molecule has 0 radical (unpaired) electrons. The third-order valence-electron chi connectivity index (χ3n) is 5.11. The highest BCUT2D eigenvalue weighted by atomic mass is 16.2. The zero-order chi connectivity index (χ0) is 15.4. The number of hydrogen-bond donors (Lipinski definition) is 1. The van der Waals surface area contributed by atoms with Gasteiger partial charge in [0.05, 0.1) is 12.2 Å². The average Bonchev–Trinajstić information content (AvgIpc) is 3.01. The highest BCUT2D eigenvalue weighted by molar-refractivity contribution is 5.84. The first kappa shape index (κ1) is 16.8. The van der Waals surface area contributed by atoms with Crippen molar-refractivity contribution in [3.63, 3.8) is 0 Å². The Hall–Kier alpha value is -0.570. The molecule has 2 aliphatic rings. The van der Waals surface area contributed by atoms with E-state index in [-0.39, 0.29) is 12.2 Å². The minimum atomic E-state index is 0.0453. The highest BCUT2D eigenvalue weighted by Gasteiger charge is 2.39. The van der Waals surface area contributed by atoms with E-state index >= 15 is 0 Å². The van der Waals surface area contributed by atoms with Crippen molar-refractivity contribution in [2.24, 2.45) is 17.8 Å². The van der Waals surface area contributed by atoms with E-state index in [2.05, 4.69) is 37.9 Å². The van der Waals surface area contributed by atoms with Gasteiger partial charge in [-0.15, -0.1) is 0 Å². The molecule has 1 heterocycles. The molecule has 1 aliphatic carbocycles. The lowest BCUT2D eigenvalue weighted by atomic mass is 10.0. The monoisotopic (exact) mass is 294 g/mol. The number of nitrogens with zero attached hydrogens (tertiary/aromatic N) is 1. The van der Waals surface area contributed by atoms with E-state index in [0.29, 0.717) is 17.7 Å². The molecule has 1 saturated carbocycles. The van der Waals surface area contributed by atoms with Crippen LogP contribution in [0.3, 0.4) is 0 Å². The first-order valence-corrected chi connectivity index (χ1v) is 9.05. The van der Waals surface area contributed by atoms with Crippen molar-refractivity contribution in [1.82, 2.24) is 10.2 Å². The second-order valence-electron chi connectivity index (χ2n) is 7.86. The van der Waals surface area contributed by atoms with Crippen LogP contribution in [-0.4, -0.2) is 29.6 Å². The fourth-order valence-corrected chi connectivity index (χ4v) is 4.00. The molecule has 2 fully saturated rings. The summed E-state index contributed by atoms with van der Waals surface area (Å²) in [4.78, 5) is 14.8. The number of nitrogens with one attached hydrogen (secondary N) is 1. The zero-order valence-electron chi connectivity index (χ0n) is 14.4. The molecule has 1 amide bonds. The number of rotatable bonds is 7. The molecular weight excluding hydrogens is 260 g/mol. The average molecular weight is 294 g/mol. The molecule has 0 bridgehead atoms. The Morgan fingerprint density at radius 2 is 1.86 bits per heavy atom. The van der Waals surface area contributed by atoms with Gasteiger partial charge in [-0.1, -0.05) is 53.4 Å². The topological polar surface area (TPSA) is 32.3 Å². The van der Waals surface area contributed by atoms with Gasteiger partial charge in [-0.3, -0.25) is 10.1 Å². The number of carbonyl (C=O) groups is 1. The predicted octanol–water partition coefficient (Wildman–Crippen LogP) is 3.79. The van der Waals surface area contributed by atoms with Gasteiger partial charge in [0.1, 0.15) is 0 Å². The van der Waals surface area contributed by atoms with E-state index in [0.717, 1.165) is 18.9 Å². The Morgan fingerprint density at radius 1 is 1.19 bits per heavy atom. The molecule has 0 aromatic heterocycles. The molecule has 0 spiro atoms. The summed E-state index contributed by atoms with van der Waals surface area (Å²) in [7, 11) is 0. The zero-order valence-corrected chi connectivity index (χ0v) is 14.4. The van der Waals surface area contributed by atoms with Gasteiger partial charge in [0.2, 0.25) is 5.91 Å². The molecule has 0 aromatic carbocycles. The van der Waals surface area contributed by atoms with Gasteiger partial charge in [-0.25, -0.2) is 0 Å². The van der Waals surface area contributed by atoms with E-state index in [1.165, 1.54) is 38.5 Å². The summed E-state index contributed by atoms with van der Waals surface area (Å²) < 4.78 is 0. The molecule has 1 aliphatic heterocycles. The van der Waals surface area contributed by atoms with Crippen LogP contribution in [0.1, 0.15) is 72.6 Å². The molecule has 122 valence electrons. The van der Waals surface area contributed by atoms with Crippen molar-refractivity contribution in [3.05, 3.63) is 0 Å². The molecule has 2 unspecified atom stereocenters. The van der Waals surface area contributed by atoms with Crippen molar-refractivity contribution in [1.29, 1.82) is 0 Å².